The summed E-state index contributed by atoms with van der Waals surface area (Å²) in [6, 6.07) is -0.881. The van der Waals surface area contributed by atoms with E-state index in [4.69, 9.17) is 9.05 Å². The van der Waals surface area contributed by atoms with Crippen molar-refractivity contribution < 1.29 is 32.9 Å². The number of carbonyl (C=O) groups excluding carboxylic acids is 1. The number of hydrogen-bond donors (Lipinski definition) is 2. The third-order valence-corrected chi connectivity index (χ3v) is 15.7. The summed E-state index contributed by atoms with van der Waals surface area (Å²) in [5, 5.41) is 13.8. The van der Waals surface area contributed by atoms with Crippen LogP contribution in [0, 0.1) is 0 Å². The van der Waals surface area contributed by atoms with E-state index in [9.17, 15) is 19.4 Å². The standard InChI is InChI=1S/C62H125N2O6P/c1-6-8-10-12-14-16-18-19-20-21-22-23-24-25-26-27-28-29-30-31-32-33-34-35-36-37-38-39-40-41-42-43-44-46-48-50-52-54-56-62(66)63-60(59-70-71(67,68)69-58-57-64(3,4)5)61(65)55-53-51-49-47-45-17-15-13-11-9-7-2/h53,55,60-61,65H,6-52,54,56-59H2,1-5H3,(H-,63,66,67,68)/b55-53+. The summed E-state index contributed by atoms with van der Waals surface area (Å²) in [5.74, 6) is -0.192. The second-order valence-electron chi connectivity index (χ2n) is 23.1. The van der Waals surface area contributed by atoms with E-state index in [2.05, 4.69) is 19.2 Å². The monoisotopic (exact) mass is 1020 g/mol. The van der Waals surface area contributed by atoms with Gasteiger partial charge in [-0.25, -0.2) is 0 Å². The highest BCUT2D eigenvalue weighted by atomic mass is 31.2. The van der Waals surface area contributed by atoms with Crippen LogP contribution in [0.4, 0.5) is 0 Å². The van der Waals surface area contributed by atoms with Gasteiger partial charge in [-0.05, 0) is 19.3 Å². The van der Waals surface area contributed by atoms with Crippen LogP contribution in [0.2, 0.25) is 0 Å². The quantitative estimate of drug-likeness (QED) is 0.0272. The van der Waals surface area contributed by atoms with Gasteiger partial charge >= 0.3 is 0 Å². The molecule has 0 bridgehead atoms. The van der Waals surface area contributed by atoms with Crippen molar-refractivity contribution in [2.24, 2.45) is 0 Å². The predicted molar refractivity (Wildman–Crippen MR) is 307 cm³/mol. The number of phosphoric ester groups is 1. The maximum atomic E-state index is 12.9. The molecule has 0 aromatic rings. The van der Waals surface area contributed by atoms with Crippen molar-refractivity contribution in [1.29, 1.82) is 0 Å². The van der Waals surface area contributed by atoms with Gasteiger partial charge in [-0.3, -0.25) is 9.36 Å². The summed E-state index contributed by atoms with van der Waals surface area (Å²) in [6.07, 6.45) is 67.7. The molecule has 0 aliphatic heterocycles. The number of allylic oxidation sites excluding steroid dienone is 1. The second kappa shape index (κ2) is 54.0. The van der Waals surface area contributed by atoms with Crippen LogP contribution in [0.1, 0.15) is 328 Å². The van der Waals surface area contributed by atoms with Crippen LogP contribution in [0.3, 0.4) is 0 Å². The molecule has 0 aliphatic rings. The van der Waals surface area contributed by atoms with Gasteiger partial charge < -0.3 is 28.8 Å². The van der Waals surface area contributed by atoms with E-state index >= 15 is 0 Å². The lowest BCUT2D eigenvalue weighted by Gasteiger charge is -2.29. The van der Waals surface area contributed by atoms with Crippen molar-refractivity contribution in [1.82, 2.24) is 5.32 Å². The van der Waals surface area contributed by atoms with Gasteiger partial charge in [0, 0.05) is 6.42 Å². The minimum absolute atomic E-state index is 0.00226. The summed E-state index contributed by atoms with van der Waals surface area (Å²) < 4.78 is 23.3. The average molecular weight is 1030 g/mol. The molecule has 0 rings (SSSR count). The number of aliphatic hydroxyl groups is 1. The topological polar surface area (TPSA) is 108 Å². The van der Waals surface area contributed by atoms with Crippen molar-refractivity contribution in [3.63, 3.8) is 0 Å². The first-order valence-electron chi connectivity index (χ1n) is 31.6. The number of nitrogens with zero attached hydrogens (tertiary/aromatic N) is 1. The number of phosphoric acid groups is 1. The zero-order chi connectivity index (χ0) is 52.0. The van der Waals surface area contributed by atoms with Gasteiger partial charge in [-0.2, -0.15) is 0 Å². The number of aliphatic hydroxyl groups excluding tert-OH is 1. The van der Waals surface area contributed by atoms with Crippen molar-refractivity contribution in [2.45, 2.75) is 341 Å². The number of amides is 1. The minimum atomic E-state index is -4.59. The molecule has 3 unspecified atom stereocenters. The van der Waals surface area contributed by atoms with Crippen molar-refractivity contribution >= 4 is 13.7 Å². The van der Waals surface area contributed by atoms with Crippen LogP contribution in [-0.2, 0) is 18.4 Å². The SMILES string of the molecule is CCCCCCCCCCC/C=C/C(O)C(COP(=O)([O-])OCC[N+](C)(C)C)NC(=O)CCCCCCCCCCCCCCCCCCCCCCCCCCCCCCCCCCCCCCCC. The predicted octanol–water partition coefficient (Wildman–Crippen LogP) is 18.8. The Labute approximate surface area is 443 Å². The van der Waals surface area contributed by atoms with Gasteiger partial charge in [0.15, 0.2) is 0 Å². The second-order valence-corrected chi connectivity index (χ2v) is 24.5. The number of hydrogen-bond acceptors (Lipinski definition) is 6. The molecule has 0 aliphatic carbocycles. The average Bonchev–Trinajstić information content (AvgIpc) is 3.33. The number of quaternary nitrogens is 1. The number of carbonyl (C=O) groups is 1. The Morgan fingerprint density at radius 1 is 0.479 bits per heavy atom. The molecular formula is C62H125N2O6P. The van der Waals surface area contributed by atoms with Gasteiger partial charge in [0.05, 0.1) is 39.9 Å². The van der Waals surface area contributed by atoms with Crippen molar-refractivity contribution in [2.75, 3.05) is 40.9 Å². The molecule has 0 radical (unpaired) electrons. The fourth-order valence-electron chi connectivity index (χ4n) is 9.81. The lowest BCUT2D eigenvalue weighted by Crippen LogP contribution is -2.45. The molecule has 3 atom stereocenters. The molecule has 0 saturated carbocycles. The van der Waals surface area contributed by atoms with Gasteiger partial charge in [-0.1, -0.05) is 315 Å². The number of likely N-dealkylation sites (N-methyl/N-ethyl adjacent to an activating group) is 1. The highest BCUT2D eigenvalue weighted by molar-refractivity contribution is 7.45. The zero-order valence-electron chi connectivity index (χ0n) is 48.5. The highest BCUT2D eigenvalue weighted by Crippen LogP contribution is 2.38. The number of rotatable bonds is 59. The van der Waals surface area contributed by atoms with Crippen molar-refractivity contribution in [3.05, 3.63) is 12.2 Å². The Morgan fingerprint density at radius 3 is 1.06 bits per heavy atom. The van der Waals surface area contributed by atoms with E-state index in [0.717, 1.165) is 38.5 Å². The molecule has 1 amide bonds. The van der Waals surface area contributed by atoms with Crippen LogP contribution < -0.4 is 10.2 Å². The number of nitrogens with one attached hydrogen (secondary N) is 1. The fourth-order valence-corrected chi connectivity index (χ4v) is 10.5. The molecule has 2 N–H and O–H groups in total. The highest BCUT2D eigenvalue weighted by Gasteiger charge is 2.23. The molecule has 8 nitrogen and oxygen atoms in total. The third-order valence-electron chi connectivity index (χ3n) is 14.7. The van der Waals surface area contributed by atoms with Crippen LogP contribution in [0.5, 0.6) is 0 Å². The molecule has 424 valence electrons. The van der Waals surface area contributed by atoms with Crippen LogP contribution in [0.25, 0.3) is 0 Å². The van der Waals surface area contributed by atoms with E-state index < -0.39 is 20.0 Å². The Hall–Kier alpha value is -0.760. The van der Waals surface area contributed by atoms with E-state index in [0.29, 0.717) is 17.4 Å². The summed E-state index contributed by atoms with van der Waals surface area (Å²) in [4.78, 5) is 25.4. The van der Waals surface area contributed by atoms with E-state index in [1.54, 1.807) is 6.08 Å². The van der Waals surface area contributed by atoms with Gasteiger partial charge in [0.1, 0.15) is 13.2 Å². The fraction of sp³-hybridized carbons (Fsp3) is 0.952. The Kier molecular flexibility index (Phi) is 53.5. The first-order valence-corrected chi connectivity index (χ1v) is 33.0. The van der Waals surface area contributed by atoms with E-state index in [1.807, 2.05) is 27.2 Å². The van der Waals surface area contributed by atoms with Crippen LogP contribution in [-0.4, -0.2) is 68.5 Å². The summed E-state index contributed by atoms with van der Waals surface area (Å²) in [5.41, 5.74) is 0. The third kappa shape index (κ3) is 56.8. The van der Waals surface area contributed by atoms with Gasteiger partial charge in [0.25, 0.3) is 7.82 Å². The summed E-state index contributed by atoms with van der Waals surface area (Å²) in [6.45, 7) is 4.67. The first kappa shape index (κ1) is 70.2. The molecule has 9 heteroatoms. The maximum absolute atomic E-state index is 12.9. The smallest absolute Gasteiger partial charge is 0.268 e. The van der Waals surface area contributed by atoms with Crippen molar-refractivity contribution in [3.8, 4) is 0 Å². The number of unbranched alkanes of at least 4 members (excludes halogenated alkanes) is 46. The van der Waals surface area contributed by atoms with Crippen LogP contribution >= 0.6 is 7.82 Å². The van der Waals surface area contributed by atoms with Gasteiger partial charge in [0.2, 0.25) is 5.91 Å². The molecule has 0 saturated heterocycles. The first-order chi connectivity index (χ1) is 34.5. The molecule has 71 heavy (non-hydrogen) atoms. The molecule has 0 heterocycles. The molecule has 0 aromatic carbocycles. The van der Waals surface area contributed by atoms with E-state index in [-0.39, 0.29) is 19.1 Å². The molecule has 0 fully saturated rings. The lowest BCUT2D eigenvalue weighted by atomic mass is 10.0. The Bertz CT molecular complexity index is 1160. The molecule has 0 aromatic heterocycles. The lowest BCUT2D eigenvalue weighted by molar-refractivity contribution is -0.870. The normalized spacial score (nSPS) is 13.8. The maximum Gasteiger partial charge on any atom is 0.268 e. The Morgan fingerprint density at radius 2 is 0.761 bits per heavy atom. The minimum Gasteiger partial charge on any atom is -0.756 e. The summed E-state index contributed by atoms with van der Waals surface area (Å²) >= 11 is 0. The Balaban J connectivity index is 3.80. The van der Waals surface area contributed by atoms with Gasteiger partial charge in [-0.15, -0.1) is 0 Å². The summed E-state index contributed by atoms with van der Waals surface area (Å²) in [7, 11) is 1.28. The van der Waals surface area contributed by atoms with E-state index in [1.165, 1.54) is 270 Å². The van der Waals surface area contributed by atoms with Crippen LogP contribution in [0.15, 0.2) is 12.2 Å². The largest absolute Gasteiger partial charge is 0.756 e. The molecule has 0 spiro atoms. The zero-order valence-corrected chi connectivity index (χ0v) is 49.4. The molecular weight excluding hydrogens is 900 g/mol.